The van der Waals surface area contributed by atoms with Crippen molar-refractivity contribution in [2.24, 2.45) is 0 Å². The molecule has 3 heteroatoms. The molecule has 1 saturated carbocycles. The van der Waals surface area contributed by atoms with Gasteiger partial charge >= 0.3 is 0 Å². The van der Waals surface area contributed by atoms with E-state index in [0.717, 1.165) is 32.5 Å². The first-order valence-electron chi connectivity index (χ1n) is 5.04. The molecule has 1 saturated heterocycles. The Kier molecular flexibility index (Phi) is 2.39. The molecule has 0 atom stereocenters. The molecule has 0 aromatic rings. The van der Waals surface area contributed by atoms with Gasteiger partial charge in [0.1, 0.15) is 5.78 Å². The highest BCUT2D eigenvalue weighted by Crippen LogP contribution is 2.32. The average molecular weight is 183 g/mol. The van der Waals surface area contributed by atoms with Crippen molar-refractivity contribution in [2.75, 3.05) is 26.7 Å². The molecule has 0 radical (unpaired) electrons. The zero-order valence-corrected chi connectivity index (χ0v) is 8.21. The molecule has 1 spiro atoms. The third-order valence-electron chi connectivity index (χ3n) is 3.16. The largest absolute Gasteiger partial charge is 0.372 e. The first-order valence-corrected chi connectivity index (χ1v) is 5.04. The summed E-state index contributed by atoms with van der Waals surface area (Å²) >= 11 is 0. The van der Waals surface area contributed by atoms with E-state index in [1.54, 1.807) is 0 Å². The second kappa shape index (κ2) is 3.39. The molecule has 74 valence electrons. The summed E-state index contributed by atoms with van der Waals surface area (Å²) in [5, 5.41) is 0. The van der Waals surface area contributed by atoms with Crippen LogP contribution in [0, 0.1) is 0 Å². The van der Waals surface area contributed by atoms with Crippen LogP contribution in [0.2, 0.25) is 0 Å². The standard InChI is InChI=1S/C10H17NO2/c1-11-6-7-13-10(8-11)4-2-9(12)3-5-10/h2-8H2,1H3. The average Bonchev–Trinajstić information content (AvgIpc) is 2.11. The van der Waals surface area contributed by atoms with Gasteiger partial charge in [-0.3, -0.25) is 4.79 Å². The molecule has 13 heavy (non-hydrogen) atoms. The lowest BCUT2D eigenvalue weighted by Gasteiger charge is -2.43. The van der Waals surface area contributed by atoms with E-state index in [1.165, 1.54) is 0 Å². The molecular formula is C10H17NO2. The van der Waals surface area contributed by atoms with Crippen molar-refractivity contribution in [2.45, 2.75) is 31.3 Å². The Hall–Kier alpha value is -0.410. The summed E-state index contributed by atoms with van der Waals surface area (Å²) in [4.78, 5) is 13.4. The molecule has 3 nitrogen and oxygen atoms in total. The van der Waals surface area contributed by atoms with E-state index >= 15 is 0 Å². The fraction of sp³-hybridized carbons (Fsp3) is 0.900. The summed E-state index contributed by atoms with van der Waals surface area (Å²) in [6.07, 6.45) is 3.29. The van der Waals surface area contributed by atoms with Crippen molar-refractivity contribution in [1.29, 1.82) is 0 Å². The van der Waals surface area contributed by atoms with Crippen molar-refractivity contribution in [1.82, 2.24) is 4.90 Å². The van der Waals surface area contributed by atoms with E-state index in [4.69, 9.17) is 4.74 Å². The smallest absolute Gasteiger partial charge is 0.133 e. The maximum absolute atomic E-state index is 11.1. The lowest BCUT2D eigenvalue weighted by molar-refractivity contribution is -0.141. The lowest BCUT2D eigenvalue weighted by atomic mass is 9.83. The van der Waals surface area contributed by atoms with Crippen LogP contribution in [0.3, 0.4) is 0 Å². The number of rotatable bonds is 0. The van der Waals surface area contributed by atoms with Crippen LogP contribution in [0.25, 0.3) is 0 Å². The number of morpholine rings is 1. The summed E-state index contributed by atoms with van der Waals surface area (Å²) in [6.45, 7) is 2.85. The topological polar surface area (TPSA) is 29.5 Å². The quantitative estimate of drug-likeness (QED) is 0.557. The van der Waals surface area contributed by atoms with Gasteiger partial charge in [-0.15, -0.1) is 0 Å². The van der Waals surface area contributed by atoms with Crippen molar-refractivity contribution >= 4 is 5.78 Å². The van der Waals surface area contributed by atoms with Gasteiger partial charge in [-0.05, 0) is 19.9 Å². The highest BCUT2D eigenvalue weighted by Gasteiger charge is 2.38. The minimum atomic E-state index is 0.0148. The Morgan fingerprint density at radius 2 is 2.08 bits per heavy atom. The molecule has 2 fully saturated rings. The van der Waals surface area contributed by atoms with Gasteiger partial charge in [0.05, 0.1) is 12.2 Å². The highest BCUT2D eigenvalue weighted by molar-refractivity contribution is 5.79. The predicted octanol–water partition coefficient (Wildman–Crippen LogP) is 0.830. The summed E-state index contributed by atoms with van der Waals surface area (Å²) in [5.74, 6) is 0.405. The summed E-state index contributed by atoms with van der Waals surface area (Å²) in [7, 11) is 2.13. The predicted molar refractivity (Wildman–Crippen MR) is 49.7 cm³/mol. The number of nitrogens with zero attached hydrogens (tertiary/aromatic N) is 1. The fourth-order valence-electron chi connectivity index (χ4n) is 2.32. The molecular weight excluding hydrogens is 166 g/mol. The van der Waals surface area contributed by atoms with Crippen LogP contribution < -0.4 is 0 Å². The monoisotopic (exact) mass is 183 g/mol. The maximum Gasteiger partial charge on any atom is 0.133 e. The van der Waals surface area contributed by atoms with E-state index in [-0.39, 0.29) is 5.60 Å². The number of likely N-dealkylation sites (N-methyl/N-ethyl adjacent to an activating group) is 1. The maximum atomic E-state index is 11.1. The normalized spacial score (nSPS) is 29.5. The summed E-state index contributed by atoms with van der Waals surface area (Å²) in [6, 6.07) is 0. The summed E-state index contributed by atoms with van der Waals surface area (Å²) < 4.78 is 5.83. The molecule has 2 rings (SSSR count). The zero-order chi connectivity index (χ0) is 9.31. The Labute approximate surface area is 79.0 Å². The number of ether oxygens (including phenoxy) is 1. The molecule has 0 aromatic heterocycles. The van der Waals surface area contributed by atoms with E-state index in [2.05, 4.69) is 11.9 Å². The summed E-state index contributed by atoms with van der Waals surface area (Å²) in [5.41, 5.74) is 0.0148. The molecule has 0 aromatic carbocycles. The van der Waals surface area contributed by atoms with Gasteiger partial charge in [-0.25, -0.2) is 0 Å². The third kappa shape index (κ3) is 1.92. The molecule has 0 N–H and O–H groups in total. The van der Waals surface area contributed by atoms with E-state index < -0.39 is 0 Å². The lowest BCUT2D eigenvalue weighted by Crippen LogP contribution is -2.52. The van der Waals surface area contributed by atoms with Gasteiger partial charge in [0, 0.05) is 25.9 Å². The van der Waals surface area contributed by atoms with Gasteiger partial charge in [0.25, 0.3) is 0 Å². The zero-order valence-electron chi connectivity index (χ0n) is 8.21. The second-order valence-corrected chi connectivity index (χ2v) is 4.31. The molecule has 1 heterocycles. The minimum absolute atomic E-state index is 0.0148. The number of hydrogen-bond donors (Lipinski definition) is 0. The molecule has 0 amide bonds. The fourth-order valence-corrected chi connectivity index (χ4v) is 2.32. The Morgan fingerprint density at radius 1 is 1.38 bits per heavy atom. The Balaban J connectivity index is 1.99. The minimum Gasteiger partial charge on any atom is -0.372 e. The van der Waals surface area contributed by atoms with E-state index in [1.807, 2.05) is 0 Å². The highest BCUT2D eigenvalue weighted by atomic mass is 16.5. The molecule has 2 aliphatic rings. The number of carbonyl (C=O) groups is 1. The van der Waals surface area contributed by atoms with Crippen LogP contribution in [-0.4, -0.2) is 43.0 Å². The van der Waals surface area contributed by atoms with Gasteiger partial charge in [0.15, 0.2) is 0 Å². The first kappa shape index (κ1) is 9.16. The number of carbonyl (C=O) groups excluding carboxylic acids is 1. The second-order valence-electron chi connectivity index (χ2n) is 4.31. The van der Waals surface area contributed by atoms with Gasteiger partial charge in [-0.2, -0.15) is 0 Å². The SMILES string of the molecule is CN1CCOC2(CCC(=O)CC2)C1. The van der Waals surface area contributed by atoms with Crippen molar-refractivity contribution in [3.8, 4) is 0 Å². The third-order valence-corrected chi connectivity index (χ3v) is 3.16. The Morgan fingerprint density at radius 3 is 2.69 bits per heavy atom. The van der Waals surface area contributed by atoms with Gasteiger partial charge in [0.2, 0.25) is 0 Å². The molecule has 0 bridgehead atoms. The number of hydrogen-bond acceptors (Lipinski definition) is 3. The van der Waals surface area contributed by atoms with Crippen LogP contribution in [0.15, 0.2) is 0 Å². The van der Waals surface area contributed by atoms with Crippen LogP contribution >= 0.6 is 0 Å². The van der Waals surface area contributed by atoms with E-state index in [0.29, 0.717) is 18.6 Å². The van der Waals surface area contributed by atoms with E-state index in [9.17, 15) is 4.79 Å². The van der Waals surface area contributed by atoms with Gasteiger partial charge in [-0.1, -0.05) is 0 Å². The Bertz CT molecular complexity index is 205. The number of Topliss-reactive ketones (excluding diaryl/α,β-unsaturated/α-hetero) is 1. The van der Waals surface area contributed by atoms with Crippen LogP contribution in [0.4, 0.5) is 0 Å². The first-order chi connectivity index (χ1) is 6.20. The van der Waals surface area contributed by atoms with Crippen molar-refractivity contribution in [3.05, 3.63) is 0 Å². The van der Waals surface area contributed by atoms with Crippen LogP contribution in [0.1, 0.15) is 25.7 Å². The van der Waals surface area contributed by atoms with Crippen LogP contribution in [0.5, 0.6) is 0 Å². The number of ketones is 1. The molecule has 1 aliphatic heterocycles. The molecule has 0 unspecified atom stereocenters. The van der Waals surface area contributed by atoms with Crippen molar-refractivity contribution < 1.29 is 9.53 Å². The molecule has 1 aliphatic carbocycles. The van der Waals surface area contributed by atoms with Crippen LogP contribution in [-0.2, 0) is 9.53 Å². The van der Waals surface area contributed by atoms with Crippen molar-refractivity contribution in [3.63, 3.8) is 0 Å². The van der Waals surface area contributed by atoms with Gasteiger partial charge < -0.3 is 9.64 Å².